The van der Waals surface area contributed by atoms with Gasteiger partial charge >= 0.3 is 0 Å². The van der Waals surface area contributed by atoms with Gasteiger partial charge in [-0.25, -0.2) is 0 Å². The highest BCUT2D eigenvalue weighted by molar-refractivity contribution is 4.91. The first kappa shape index (κ1) is 17.3. The molecule has 2 aliphatic carbocycles. The molecule has 2 saturated carbocycles. The first-order valence-corrected chi connectivity index (χ1v) is 9.13. The van der Waals surface area contributed by atoms with E-state index in [0.29, 0.717) is 11.5 Å². The molecule has 0 saturated heterocycles. The van der Waals surface area contributed by atoms with E-state index in [9.17, 15) is 0 Å². The largest absolute Gasteiger partial charge is 0.370 e. The van der Waals surface area contributed by atoms with Crippen LogP contribution in [0.1, 0.15) is 92.4 Å². The van der Waals surface area contributed by atoms with Crippen LogP contribution in [0.25, 0.3) is 0 Å². The van der Waals surface area contributed by atoms with Crippen LogP contribution < -0.4 is 5.32 Å². The lowest BCUT2D eigenvalue weighted by molar-refractivity contribution is -0.130. The molecule has 0 unspecified atom stereocenters. The fraction of sp³-hybridized carbons (Fsp3) is 1.00. The smallest absolute Gasteiger partial charge is 0.0810 e. The van der Waals surface area contributed by atoms with Crippen molar-refractivity contribution in [3.63, 3.8) is 0 Å². The van der Waals surface area contributed by atoms with Crippen LogP contribution in [0.3, 0.4) is 0 Å². The van der Waals surface area contributed by atoms with Crippen molar-refractivity contribution in [1.82, 2.24) is 5.32 Å². The van der Waals surface area contributed by atoms with Crippen molar-refractivity contribution < 1.29 is 4.74 Å². The van der Waals surface area contributed by atoms with E-state index in [-0.39, 0.29) is 11.1 Å². The van der Waals surface area contributed by atoms with Gasteiger partial charge in [0.05, 0.1) is 11.7 Å². The van der Waals surface area contributed by atoms with Crippen LogP contribution in [0.5, 0.6) is 0 Å². The molecule has 21 heavy (non-hydrogen) atoms. The Hall–Kier alpha value is -0.0800. The predicted octanol–water partition coefficient (Wildman–Crippen LogP) is 5.06. The molecule has 2 aliphatic rings. The third kappa shape index (κ3) is 5.56. The number of nitrogens with one attached hydrogen (secondary N) is 1. The van der Waals surface area contributed by atoms with Crippen molar-refractivity contribution in [2.75, 3.05) is 6.54 Å². The maximum absolute atomic E-state index is 6.75. The lowest BCUT2D eigenvalue weighted by atomic mass is 9.76. The van der Waals surface area contributed by atoms with E-state index in [1.807, 2.05) is 0 Å². The van der Waals surface area contributed by atoms with Crippen molar-refractivity contribution >= 4 is 0 Å². The quantitative estimate of drug-likeness (QED) is 0.782. The van der Waals surface area contributed by atoms with E-state index in [1.165, 1.54) is 57.8 Å². The summed E-state index contributed by atoms with van der Waals surface area (Å²) in [7, 11) is 0. The minimum atomic E-state index is 0.109. The van der Waals surface area contributed by atoms with Crippen LogP contribution >= 0.6 is 0 Å². The SMILES string of the molecule is CC1(C)CCC(OC2(CNC(C)(C)C)CCCCC2)CC1. The molecule has 0 aromatic rings. The van der Waals surface area contributed by atoms with E-state index >= 15 is 0 Å². The second-order valence-corrected chi connectivity index (χ2v) is 9.33. The fourth-order valence-corrected chi connectivity index (χ4v) is 3.80. The van der Waals surface area contributed by atoms with Gasteiger partial charge in [-0.1, -0.05) is 33.1 Å². The molecule has 2 fully saturated rings. The van der Waals surface area contributed by atoms with Crippen molar-refractivity contribution in [3.8, 4) is 0 Å². The molecule has 0 atom stereocenters. The average molecular weight is 296 g/mol. The molecule has 2 rings (SSSR count). The number of rotatable bonds is 4. The van der Waals surface area contributed by atoms with Crippen LogP contribution in [0, 0.1) is 5.41 Å². The molecule has 0 spiro atoms. The maximum Gasteiger partial charge on any atom is 0.0810 e. The second kappa shape index (κ2) is 6.58. The Morgan fingerprint density at radius 3 is 2.05 bits per heavy atom. The standard InChI is InChI=1S/C19H37NO/c1-17(2,3)20-15-19(11-7-6-8-12-19)21-16-9-13-18(4,5)14-10-16/h16,20H,6-15H2,1-5H3. The molecule has 1 N–H and O–H groups in total. The van der Waals surface area contributed by atoms with Gasteiger partial charge in [0.1, 0.15) is 0 Å². The van der Waals surface area contributed by atoms with Crippen LogP contribution in [-0.4, -0.2) is 23.8 Å². The Balaban J connectivity index is 1.93. The Kier molecular flexibility index (Phi) is 5.41. The molecule has 124 valence electrons. The van der Waals surface area contributed by atoms with Gasteiger partial charge in [0.25, 0.3) is 0 Å². The summed E-state index contributed by atoms with van der Waals surface area (Å²) in [5.41, 5.74) is 0.823. The average Bonchev–Trinajstić information content (AvgIpc) is 2.40. The summed E-state index contributed by atoms with van der Waals surface area (Å²) in [5.74, 6) is 0. The molecular formula is C19H37NO. The van der Waals surface area contributed by atoms with E-state index in [4.69, 9.17) is 4.74 Å². The van der Waals surface area contributed by atoms with Gasteiger partial charge < -0.3 is 10.1 Å². The summed E-state index contributed by atoms with van der Waals surface area (Å²) < 4.78 is 6.75. The van der Waals surface area contributed by atoms with Crippen molar-refractivity contribution in [2.24, 2.45) is 5.41 Å². The topological polar surface area (TPSA) is 21.3 Å². The highest BCUT2D eigenvalue weighted by atomic mass is 16.5. The van der Waals surface area contributed by atoms with E-state index < -0.39 is 0 Å². The fourth-order valence-electron chi connectivity index (χ4n) is 3.80. The maximum atomic E-state index is 6.75. The van der Waals surface area contributed by atoms with Gasteiger partial charge in [0.2, 0.25) is 0 Å². The summed E-state index contributed by atoms with van der Waals surface area (Å²) in [5, 5.41) is 3.71. The summed E-state index contributed by atoms with van der Waals surface area (Å²) in [6.45, 7) is 12.6. The first-order valence-electron chi connectivity index (χ1n) is 9.13. The normalized spacial score (nSPS) is 26.7. The van der Waals surface area contributed by atoms with Crippen LogP contribution in [0.2, 0.25) is 0 Å². The molecule has 0 aromatic heterocycles. The molecule has 0 heterocycles. The highest BCUT2D eigenvalue weighted by Gasteiger charge is 2.38. The summed E-state index contributed by atoms with van der Waals surface area (Å²) >= 11 is 0. The molecule has 0 aliphatic heterocycles. The molecule has 0 aromatic carbocycles. The van der Waals surface area contributed by atoms with Crippen molar-refractivity contribution in [1.29, 1.82) is 0 Å². The predicted molar refractivity (Wildman–Crippen MR) is 90.7 cm³/mol. The van der Waals surface area contributed by atoms with Gasteiger partial charge in [0.15, 0.2) is 0 Å². The minimum absolute atomic E-state index is 0.109. The third-order valence-electron chi connectivity index (χ3n) is 5.41. The van der Waals surface area contributed by atoms with Crippen molar-refractivity contribution in [2.45, 2.75) is 110 Å². The van der Waals surface area contributed by atoms with E-state index in [1.54, 1.807) is 0 Å². The van der Waals surface area contributed by atoms with Crippen molar-refractivity contribution in [3.05, 3.63) is 0 Å². The Bertz CT molecular complexity index is 313. The van der Waals surface area contributed by atoms with Crippen LogP contribution in [0.15, 0.2) is 0 Å². The Morgan fingerprint density at radius 1 is 0.952 bits per heavy atom. The second-order valence-electron chi connectivity index (χ2n) is 9.33. The Labute approximate surface area is 132 Å². The molecule has 0 bridgehead atoms. The van der Waals surface area contributed by atoms with Gasteiger partial charge in [0, 0.05) is 12.1 Å². The number of hydrogen-bond donors (Lipinski definition) is 1. The van der Waals surface area contributed by atoms with Crippen LogP contribution in [0.4, 0.5) is 0 Å². The van der Waals surface area contributed by atoms with Gasteiger partial charge in [-0.05, 0) is 64.7 Å². The zero-order chi connectivity index (χ0) is 15.6. The highest BCUT2D eigenvalue weighted by Crippen LogP contribution is 2.40. The van der Waals surface area contributed by atoms with Crippen LogP contribution in [-0.2, 0) is 4.74 Å². The number of hydrogen-bond acceptors (Lipinski definition) is 2. The molecule has 0 amide bonds. The number of ether oxygens (including phenoxy) is 1. The molecule has 2 nitrogen and oxygen atoms in total. The lowest BCUT2D eigenvalue weighted by Gasteiger charge is -2.44. The Morgan fingerprint density at radius 2 is 1.52 bits per heavy atom. The zero-order valence-corrected chi connectivity index (χ0v) is 15.1. The third-order valence-corrected chi connectivity index (χ3v) is 5.41. The first-order chi connectivity index (χ1) is 9.70. The van der Waals surface area contributed by atoms with Gasteiger partial charge in [-0.3, -0.25) is 0 Å². The van der Waals surface area contributed by atoms with Gasteiger partial charge in [-0.15, -0.1) is 0 Å². The summed E-state index contributed by atoms with van der Waals surface area (Å²) in [6, 6.07) is 0. The summed E-state index contributed by atoms with van der Waals surface area (Å²) in [4.78, 5) is 0. The molecule has 2 heteroatoms. The van der Waals surface area contributed by atoms with E-state index in [0.717, 1.165) is 6.54 Å². The molecular weight excluding hydrogens is 258 g/mol. The minimum Gasteiger partial charge on any atom is -0.370 e. The monoisotopic (exact) mass is 295 g/mol. The molecule has 0 radical (unpaired) electrons. The lowest BCUT2D eigenvalue weighted by Crippen LogP contribution is -2.52. The van der Waals surface area contributed by atoms with Gasteiger partial charge in [-0.2, -0.15) is 0 Å². The summed E-state index contributed by atoms with van der Waals surface area (Å²) in [6.07, 6.45) is 12.2. The van der Waals surface area contributed by atoms with E-state index in [2.05, 4.69) is 39.9 Å². The zero-order valence-electron chi connectivity index (χ0n) is 15.1.